The van der Waals surface area contributed by atoms with E-state index in [1.54, 1.807) is 11.0 Å². The van der Waals surface area contributed by atoms with E-state index in [1.807, 2.05) is 0 Å². The van der Waals surface area contributed by atoms with Crippen LogP contribution in [0.1, 0.15) is 24.0 Å². The monoisotopic (exact) mass is 444 g/mol. The summed E-state index contributed by atoms with van der Waals surface area (Å²) in [5, 5.41) is 13.5. The largest absolute Gasteiger partial charge is 0.416 e. The first-order valence-electron chi connectivity index (χ1n) is 10.5. The predicted molar refractivity (Wildman–Crippen MR) is 103 cm³/mol. The lowest BCUT2D eigenvalue weighted by atomic mass is 10.1. The number of hydrogen-bond donors (Lipinski definition) is 2. The Kier molecular flexibility index (Phi) is 6.83. The zero-order valence-corrected chi connectivity index (χ0v) is 17.0. The minimum absolute atomic E-state index is 0.00399. The van der Waals surface area contributed by atoms with Crippen molar-refractivity contribution in [1.29, 1.82) is 0 Å². The predicted octanol–water partition coefficient (Wildman–Crippen LogP) is 1.33. The van der Waals surface area contributed by atoms with Gasteiger partial charge < -0.3 is 29.5 Å². The van der Waals surface area contributed by atoms with Gasteiger partial charge in [0.1, 0.15) is 12.2 Å². The molecule has 3 aliphatic rings. The summed E-state index contributed by atoms with van der Waals surface area (Å²) in [7, 11) is 0. The number of alkyl halides is 3. The molecular weight excluding hydrogens is 417 g/mol. The Labute approximate surface area is 178 Å². The molecule has 1 amide bonds. The number of carbonyl (C=O) groups excluding carboxylic acids is 1. The van der Waals surface area contributed by atoms with Crippen LogP contribution in [0.15, 0.2) is 24.3 Å². The fraction of sp³-hybridized carbons (Fsp3) is 0.667. The summed E-state index contributed by atoms with van der Waals surface area (Å²) < 4.78 is 56.3. The molecule has 5 atom stereocenters. The van der Waals surface area contributed by atoms with Crippen LogP contribution in [-0.4, -0.2) is 79.3 Å². The number of ether oxygens (including phenoxy) is 3. The Morgan fingerprint density at radius 2 is 1.94 bits per heavy atom. The molecule has 3 saturated heterocycles. The van der Waals surface area contributed by atoms with Crippen LogP contribution in [0.5, 0.6) is 0 Å². The first-order chi connectivity index (χ1) is 14.8. The minimum Gasteiger partial charge on any atom is -0.388 e. The van der Waals surface area contributed by atoms with Gasteiger partial charge in [-0.2, -0.15) is 13.2 Å². The molecule has 4 rings (SSSR count). The lowest BCUT2D eigenvalue weighted by Crippen LogP contribution is -2.42. The number of fused-ring (bicyclic) bond motifs is 1. The Morgan fingerprint density at radius 1 is 1.19 bits per heavy atom. The molecule has 0 bridgehead atoms. The van der Waals surface area contributed by atoms with Gasteiger partial charge >= 0.3 is 6.18 Å². The van der Waals surface area contributed by atoms with Crippen LogP contribution in [0, 0.1) is 0 Å². The van der Waals surface area contributed by atoms with Gasteiger partial charge in [0.05, 0.1) is 43.5 Å². The first-order valence-corrected chi connectivity index (χ1v) is 10.5. The number of carbonyl (C=O) groups is 1. The fourth-order valence-electron chi connectivity index (χ4n) is 4.45. The molecule has 1 aromatic rings. The zero-order valence-electron chi connectivity index (χ0n) is 17.0. The van der Waals surface area contributed by atoms with E-state index in [1.165, 1.54) is 12.1 Å². The molecule has 2 N–H and O–H groups in total. The normalized spacial score (nSPS) is 31.1. The number of nitrogens with zero attached hydrogens (tertiary/aromatic N) is 1. The molecule has 1 aromatic carbocycles. The second-order valence-corrected chi connectivity index (χ2v) is 8.15. The maximum atomic E-state index is 13.1. The number of halogens is 3. The number of aliphatic hydroxyl groups excluding tert-OH is 1. The van der Waals surface area contributed by atoms with E-state index < -0.39 is 30.1 Å². The van der Waals surface area contributed by atoms with Gasteiger partial charge in [0, 0.05) is 32.6 Å². The van der Waals surface area contributed by atoms with Gasteiger partial charge in [0.25, 0.3) is 0 Å². The highest BCUT2D eigenvalue weighted by Gasteiger charge is 2.50. The summed E-state index contributed by atoms with van der Waals surface area (Å²) in [6.07, 6.45) is -6.33. The summed E-state index contributed by atoms with van der Waals surface area (Å²) in [6.45, 7) is 2.42. The van der Waals surface area contributed by atoms with Crippen LogP contribution in [0.3, 0.4) is 0 Å². The van der Waals surface area contributed by atoms with E-state index in [0.717, 1.165) is 6.07 Å². The zero-order chi connectivity index (χ0) is 22.0. The van der Waals surface area contributed by atoms with Crippen molar-refractivity contribution in [3.63, 3.8) is 0 Å². The van der Waals surface area contributed by atoms with Gasteiger partial charge in [-0.15, -0.1) is 0 Å². The summed E-state index contributed by atoms with van der Waals surface area (Å²) in [5.74, 6) is 0.00399. The van der Waals surface area contributed by atoms with Crippen LogP contribution in [-0.2, 0) is 31.7 Å². The number of rotatable bonds is 6. The molecule has 3 aliphatic heterocycles. The maximum absolute atomic E-state index is 13.1. The van der Waals surface area contributed by atoms with Crippen molar-refractivity contribution >= 4 is 5.91 Å². The maximum Gasteiger partial charge on any atom is 0.416 e. The van der Waals surface area contributed by atoms with Crippen LogP contribution in [0.2, 0.25) is 0 Å². The van der Waals surface area contributed by atoms with Crippen molar-refractivity contribution in [2.75, 3.05) is 32.8 Å². The third kappa shape index (κ3) is 5.20. The highest BCUT2D eigenvalue weighted by atomic mass is 19.4. The Balaban J connectivity index is 1.24. The van der Waals surface area contributed by atoms with E-state index in [-0.39, 0.29) is 43.2 Å². The van der Waals surface area contributed by atoms with E-state index in [0.29, 0.717) is 32.7 Å². The number of hydrogen-bond acceptors (Lipinski definition) is 6. The third-order valence-corrected chi connectivity index (χ3v) is 6.03. The van der Waals surface area contributed by atoms with Crippen LogP contribution in [0.25, 0.3) is 0 Å². The summed E-state index contributed by atoms with van der Waals surface area (Å²) in [5.41, 5.74) is -0.538. The molecule has 7 nitrogen and oxygen atoms in total. The SMILES string of the molecule is O=C(C[C@@H]1C[C@H]2O[C@H](CNCc3ccccc3C(F)(F)F)[C@@H](O)[C@H]2O1)N1CCOCC1. The molecule has 172 valence electrons. The summed E-state index contributed by atoms with van der Waals surface area (Å²) in [4.78, 5) is 14.1. The average Bonchev–Trinajstić information content (AvgIpc) is 3.26. The van der Waals surface area contributed by atoms with Crippen LogP contribution < -0.4 is 5.32 Å². The Morgan fingerprint density at radius 3 is 2.65 bits per heavy atom. The average molecular weight is 444 g/mol. The van der Waals surface area contributed by atoms with Gasteiger partial charge in [-0.3, -0.25) is 4.79 Å². The molecule has 10 heteroatoms. The second kappa shape index (κ2) is 9.41. The molecule has 3 heterocycles. The number of aliphatic hydroxyl groups is 1. The molecule has 3 fully saturated rings. The van der Waals surface area contributed by atoms with Crippen molar-refractivity contribution in [2.45, 2.75) is 56.1 Å². The third-order valence-electron chi connectivity index (χ3n) is 6.03. The molecule has 0 aliphatic carbocycles. The van der Waals surface area contributed by atoms with Crippen molar-refractivity contribution in [2.24, 2.45) is 0 Å². The fourth-order valence-corrected chi connectivity index (χ4v) is 4.45. The summed E-state index contributed by atoms with van der Waals surface area (Å²) in [6, 6.07) is 5.39. The van der Waals surface area contributed by atoms with Crippen molar-refractivity contribution in [1.82, 2.24) is 10.2 Å². The van der Waals surface area contributed by atoms with E-state index >= 15 is 0 Å². The van der Waals surface area contributed by atoms with E-state index in [4.69, 9.17) is 14.2 Å². The lowest BCUT2D eigenvalue weighted by Gasteiger charge is -2.28. The number of benzene rings is 1. The smallest absolute Gasteiger partial charge is 0.388 e. The van der Waals surface area contributed by atoms with Crippen molar-refractivity contribution < 1.29 is 37.3 Å². The molecule has 31 heavy (non-hydrogen) atoms. The van der Waals surface area contributed by atoms with Gasteiger partial charge in [0.2, 0.25) is 5.91 Å². The standard InChI is InChI=1S/C21H27F3N2O5/c22-21(23,24)15-4-2-1-3-13(15)11-25-12-17-19(28)20-16(31-17)9-14(30-20)10-18(27)26-5-7-29-8-6-26/h1-4,14,16-17,19-20,25,28H,5-12H2/t14-,16+,17+,19+,20-/m0/s1. The van der Waals surface area contributed by atoms with Gasteiger partial charge in [-0.05, 0) is 11.6 Å². The number of nitrogens with one attached hydrogen (secondary N) is 1. The van der Waals surface area contributed by atoms with Gasteiger partial charge in [-0.25, -0.2) is 0 Å². The summed E-state index contributed by atoms with van der Waals surface area (Å²) >= 11 is 0. The first kappa shape index (κ1) is 22.5. The van der Waals surface area contributed by atoms with Crippen molar-refractivity contribution in [3.05, 3.63) is 35.4 Å². The highest BCUT2D eigenvalue weighted by Crippen LogP contribution is 2.36. The van der Waals surface area contributed by atoms with Crippen LogP contribution >= 0.6 is 0 Å². The Bertz CT molecular complexity index is 772. The molecule has 0 saturated carbocycles. The lowest BCUT2D eigenvalue weighted by molar-refractivity contribution is -0.139. The Hall–Kier alpha value is -1.72. The van der Waals surface area contributed by atoms with Gasteiger partial charge in [-0.1, -0.05) is 18.2 Å². The number of amides is 1. The van der Waals surface area contributed by atoms with E-state index in [9.17, 15) is 23.1 Å². The van der Waals surface area contributed by atoms with E-state index in [2.05, 4.69) is 5.32 Å². The van der Waals surface area contributed by atoms with Crippen LogP contribution in [0.4, 0.5) is 13.2 Å². The topological polar surface area (TPSA) is 80.3 Å². The molecule has 0 unspecified atom stereocenters. The minimum atomic E-state index is -4.42. The van der Waals surface area contributed by atoms with Crippen molar-refractivity contribution in [3.8, 4) is 0 Å². The molecule has 0 aromatic heterocycles. The second-order valence-electron chi connectivity index (χ2n) is 8.15. The molecule has 0 spiro atoms. The highest BCUT2D eigenvalue weighted by molar-refractivity contribution is 5.76. The molecule has 0 radical (unpaired) electrons. The number of morpholine rings is 1. The molecular formula is C21H27F3N2O5. The quantitative estimate of drug-likeness (QED) is 0.689. The van der Waals surface area contributed by atoms with Gasteiger partial charge in [0.15, 0.2) is 0 Å².